The molecule has 0 aromatic rings. The normalized spacial score (nSPS) is 33.5. The number of hydrogen-bond acceptors (Lipinski definition) is 3. The van der Waals surface area contributed by atoms with E-state index in [0.717, 1.165) is 32.4 Å². The molecule has 0 aromatic carbocycles. The van der Waals surface area contributed by atoms with Gasteiger partial charge in [-0.15, -0.1) is 0 Å². The van der Waals surface area contributed by atoms with Gasteiger partial charge in [0.15, 0.2) is 0 Å². The molecule has 0 bridgehead atoms. The molecule has 0 radical (unpaired) electrons. The number of nitrogens with zero attached hydrogens (tertiary/aromatic N) is 1. The summed E-state index contributed by atoms with van der Waals surface area (Å²) in [5, 5.41) is 12.2. The van der Waals surface area contributed by atoms with E-state index in [0.29, 0.717) is 5.92 Å². The first-order chi connectivity index (χ1) is 9.97. The van der Waals surface area contributed by atoms with Crippen molar-refractivity contribution in [3.8, 4) is 0 Å². The van der Waals surface area contributed by atoms with E-state index in [2.05, 4.69) is 12.2 Å². The van der Waals surface area contributed by atoms with Gasteiger partial charge in [-0.3, -0.25) is 4.79 Å². The van der Waals surface area contributed by atoms with Crippen LogP contribution in [0.1, 0.15) is 39.5 Å². The lowest BCUT2D eigenvalue weighted by Gasteiger charge is -2.29. The van der Waals surface area contributed by atoms with Gasteiger partial charge in [0.1, 0.15) is 5.41 Å². The minimum atomic E-state index is -1.03. The van der Waals surface area contributed by atoms with Crippen molar-refractivity contribution in [3.05, 3.63) is 0 Å². The Morgan fingerprint density at radius 1 is 1.38 bits per heavy atom. The highest BCUT2D eigenvalue weighted by atomic mass is 16.5. The molecule has 3 unspecified atom stereocenters. The van der Waals surface area contributed by atoms with Gasteiger partial charge < -0.3 is 20.1 Å². The van der Waals surface area contributed by atoms with Crippen LogP contribution < -0.4 is 5.32 Å². The summed E-state index contributed by atoms with van der Waals surface area (Å²) in [4.78, 5) is 25.6. The van der Waals surface area contributed by atoms with Crippen LogP contribution in [0.5, 0.6) is 0 Å². The van der Waals surface area contributed by atoms with Gasteiger partial charge in [0, 0.05) is 13.1 Å². The molecule has 2 rings (SSSR count). The second-order valence-corrected chi connectivity index (χ2v) is 6.43. The maximum absolute atomic E-state index is 12.4. The van der Waals surface area contributed by atoms with Gasteiger partial charge in [0.25, 0.3) is 0 Å². The molecule has 2 heterocycles. The summed E-state index contributed by atoms with van der Waals surface area (Å²) in [6.45, 7) is 5.73. The highest BCUT2D eigenvalue weighted by Crippen LogP contribution is 2.29. The van der Waals surface area contributed by atoms with Crippen molar-refractivity contribution in [1.29, 1.82) is 0 Å². The van der Waals surface area contributed by atoms with Crippen molar-refractivity contribution < 1.29 is 19.4 Å². The van der Waals surface area contributed by atoms with Crippen LogP contribution >= 0.6 is 0 Å². The average Bonchev–Trinajstić information content (AvgIpc) is 2.69. The number of ether oxygens (including phenoxy) is 1. The lowest BCUT2D eigenvalue weighted by Crippen LogP contribution is -2.53. The van der Waals surface area contributed by atoms with Gasteiger partial charge in [0.2, 0.25) is 0 Å². The van der Waals surface area contributed by atoms with E-state index in [1.165, 1.54) is 6.42 Å². The second-order valence-electron chi connectivity index (χ2n) is 6.43. The molecular formula is C15H26N2O4. The number of aliphatic carboxylic acids is 1. The maximum Gasteiger partial charge on any atom is 0.317 e. The van der Waals surface area contributed by atoms with E-state index in [9.17, 15) is 14.7 Å². The van der Waals surface area contributed by atoms with E-state index in [4.69, 9.17) is 4.74 Å². The summed E-state index contributed by atoms with van der Waals surface area (Å²) in [5.41, 5.74) is -1.03. The van der Waals surface area contributed by atoms with Gasteiger partial charge in [-0.2, -0.15) is 0 Å². The largest absolute Gasteiger partial charge is 0.481 e. The number of carboxylic acid groups (broad SMARTS) is 1. The molecule has 0 aromatic heterocycles. The van der Waals surface area contributed by atoms with Crippen molar-refractivity contribution >= 4 is 12.0 Å². The second kappa shape index (κ2) is 6.64. The van der Waals surface area contributed by atoms with E-state index in [-0.39, 0.29) is 19.2 Å². The summed E-state index contributed by atoms with van der Waals surface area (Å²) in [6.07, 6.45) is 4.37. The number of urea groups is 1. The number of likely N-dealkylation sites (tertiary alicyclic amines) is 1. The lowest BCUT2D eigenvalue weighted by atomic mass is 9.85. The Hall–Kier alpha value is -1.30. The molecule has 21 heavy (non-hydrogen) atoms. The van der Waals surface area contributed by atoms with Crippen LogP contribution in [0.3, 0.4) is 0 Å². The number of carbonyl (C=O) groups is 2. The SMILES string of the molecule is CCC1CCCN(C(=O)NC2COCC2(C)C(=O)O)CC1. The molecule has 3 atom stereocenters. The molecule has 0 aliphatic carbocycles. The van der Waals surface area contributed by atoms with Gasteiger partial charge in [0.05, 0.1) is 19.3 Å². The standard InChI is InChI=1S/C15H26N2O4/c1-3-11-5-4-7-17(8-6-11)14(20)16-12-9-21-10-15(12,2)13(18)19/h11-12H,3-10H2,1-2H3,(H,16,20)(H,18,19). The first-order valence-electron chi connectivity index (χ1n) is 7.84. The fourth-order valence-electron chi connectivity index (χ4n) is 3.10. The Kier molecular flexibility index (Phi) is 5.08. The number of carboxylic acids is 1. The maximum atomic E-state index is 12.4. The molecule has 0 spiro atoms. The molecule has 2 N–H and O–H groups in total. The van der Waals surface area contributed by atoms with E-state index < -0.39 is 17.4 Å². The monoisotopic (exact) mass is 298 g/mol. The Morgan fingerprint density at radius 2 is 2.14 bits per heavy atom. The van der Waals surface area contributed by atoms with Crippen LogP contribution in [0, 0.1) is 11.3 Å². The average molecular weight is 298 g/mol. The third-order valence-electron chi connectivity index (χ3n) is 4.95. The summed E-state index contributed by atoms with van der Waals surface area (Å²) in [5.74, 6) is -0.228. The molecule has 2 amide bonds. The van der Waals surface area contributed by atoms with Gasteiger partial charge in [-0.25, -0.2) is 4.79 Å². The zero-order valence-corrected chi connectivity index (χ0v) is 12.9. The van der Waals surface area contributed by atoms with Crippen molar-refractivity contribution in [2.24, 2.45) is 11.3 Å². The Bertz CT molecular complexity index is 401. The van der Waals surface area contributed by atoms with Crippen LogP contribution in [0.2, 0.25) is 0 Å². The van der Waals surface area contributed by atoms with Gasteiger partial charge >= 0.3 is 12.0 Å². The molecule has 2 aliphatic rings. The molecule has 2 aliphatic heterocycles. The van der Waals surface area contributed by atoms with Crippen LogP contribution in [-0.4, -0.2) is 54.4 Å². The highest BCUT2D eigenvalue weighted by molar-refractivity contribution is 5.79. The number of nitrogens with one attached hydrogen (secondary N) is 1. The number of amides is 2. The molecule has 120 valence electrons. The summed E-state index contributed by atoms with van der Waals surface area (Å²) in [6, 6.07) is -0.623. The van der Waals surface area contributed by atoms with Crippen LogP contribution in [0.4, 0.5) is 4.79 Å². The summed E-state index contributed by atoms with van der Waals surface area (Å²) < 4.78 is 5.27. The summed E-state index contributed by atoms with van der Waals surface area (Å²) >= 11 is 0. The fraction of sp³-hybridized carbons (Fsp3) is 0.867. The smallest absolute Gasteiger partial charge is 0.317 e. The molecule has 0 saturated carbocycles. The minimum Gasteiger partial charge on any atom is -0.481 e. The number of carbonyl (C=O) groups excluding carboxylic acids is 1. The molecule has 6 heteroatoms. The third kappa shape index (κ3) is 3.48. The highest BCUT2D eigenvalue weighted by Gasteiger charge is 2.47. The van der Waals surface area contributed by atoms with E-state index in [1.807, 2.05) is 4.90 Å². The Balaban J connectivity index is 1.93. The van der Waals surface area contributed by atoms with Crippen molar-refractivity contribution in [1.82, 2.24) is 10.2 Å². The zero-order chi connectivity index (χ0) is 15.5. The first-order valence-corrected chi connectivity index (χ1v) is 7.84. The molecular weight excluding hydrogens is 272 g/mol. The topological polar surface area (TPSA) is 78.9 Å². The van der Waals surface area contributed by atoms with Gasteiger partial charge in [-0.05, 0) is 32.1 Å². The van der Waals surface area contributed by atoms with E-state index >= 15 is 0 Å². The Labute approximate surface area is 125 Å². The lowest BCUT2D eigenvalue weighted by molar-refractivity contribution is -0.148. The summed E-state index contributed by atoms with van der Waals surface area (Å²) in [7, 11) is 0. The molecule has 6 nitrogen and oxygen atoms in total. The van der Waals surface area contributed by atoms with Crippen molar-refractivity contribution in [3.63, 3.8) is 0 Å². The number of hydrogen-bond donors (Lipinski definition) is 2. The first kappa shape index (κ1) is 16.1. The minimum absolute atomic E-state index is 0.144. The van der Waals surface area contributed by atoms with Crippen molar-refractivity contribution in [2.75, 3.05) is 26.3 Å². The van der Waals surface area contributed by atoms with Crippen LogP contribution in [0.15, 0.2) is 0 Å². The third-order valence-corrected chi connectivity index (χ3v) is 4.95. The fourth-order valence-corrected chi connectivity index (χ4v) is 3.10. The quantitative estimate of drug-likeness (QED) is 0.831. The van der Waals surface area contributed by atoms with Crippen molar-refractivity contribution in [2.45, 2.75) is 45.6 Å². The molecule has 2 saturated heterocycles. The van der Waals surface area contributed by atoms with Crippen LogP contribution in [-0.2, 0) is 9.53 Å². The van der Waals surface area contributed by atoms with E-state index in [1.54, 1.807) is 6.92 Å². The zero-order valence-electron chi connectivity index (χ0n) is 12.9. The van der Waals surface area contributed by atoms with Crippen LogP contribution in [0.25, 0.3) is 0 Å². The predicted molar refractivity (Wildman–Crippen MR) is 78.1 cm³/mol. The van der Waals surface area contributed by atoms with Gasteiger partial charge in [-0.1, -0.05) is 13.3 Å². The number of rotatable bonds is 3. The Morgan fingerprint density at radius 3 is 2.81 bits per heavy atom. The molecule has 2 fully saturated rings. The predicted octanol–water partition coefficient (Wildman–Crippen LogP) is 1.70.